The van der Waals surface area contributed by atoms with E-state index in [4.69, 9.17) is 34.2 Å². The van der Waals surface area contributed by atoms with Crippen molar-refractivity contribution in [1.82, 2.24) is 44.8 Å². The average molecular weight is 1680 g/mol. The fourth-order valence-corrected chi connectivity index (χ4v) is 19.2. The number of methoxy groups -OCH3 is 6. The summed E-state index contributed by atoms with van der Waals surface area (Å²) < 4.78 is 61.4. The van der Waals surface area contributed by atoms with Gasteiger partial charge < -0.3 is 89.3 Å². The van der Waals surface area contributed by atoms with Gasteiger partial charge in [-0.25, -0.2) is 22.7 Å². The SMILES string of the molecule is CCN1CCN(c2cccc3c2CN([C@H](CCCNC(=O)Nc2ccccc2)c2ccc(OC)c(OC)c2)C3=O)CC1.CCN1CCN(c2cccc3c2CN([C@H](CCCNC(N)=O)c2ccc(OC)c(OC)c2)C3=O)CC1.COc1ccc([C@@H](CCCNS(=O)(=O)c2cccs2)N2Cc3c(cccc3N3CCN(C(C)C)CC3)C2=O)cc1OC. The maximum absolute atomic E-state index is 13.9. The number of primary amides is 1. The lowest BCUT2D eigenvalue weighted by Crippen LogP contribution is -2.49. The molecule has 7 heterocycles. The van der Waals surface area contributed by atoms with Gasteiger partial charge in [0.2, 0.25) is 10.0 Å². The zero-order valence-corrected chi connectivity index (χ0v) is 72.6. The number of nitrogens with two attached hydrogens (primary N) is 1. The number of urea groups is 2. The van der Waals surface area contributed by atoms with E-state index in [1.165, 1.54) is 11.3 Å². The van der Waals surface area contributed by atoms with Crippen LogP contribution in [0.3, 0.4) is 0 Å². The standard InChI is InChI=1S/C33H41N5O4.C31H40N4O5S2.C27H37N5O4/c1-4-36-18-20-37(21-19-36)29-13-8-12-26-27(29)23-38(32(26)39)28(24-15-16-30(41-2)31(22-24)42-3)14-9-17-34-33(40)35-25-10-6-5-7-11-25;1-22(2)33-15-17-34(18-16-33)27-9-5-8-24-25(27)21-35(31(24)36)26(23-12-13-28(39-3)29(20-23)40-4)10-6-14-32-42(37,38)30-11-7-19-41-30;1-4-30-13-15-31(16-14-30)23-8-5-7-20-21(23)18-32(26(20)33)22(9-6-12-29-27(28)34)19-10-11-24(35-2)25(17-19)36-3/h5-8,10-13,15-16,22,28H,4,9,14,17-21,23H2,1-3H3,(H2,34,35,40);5,7-9,11-13,19-20,22,26,32H,6,10,14-18,21H2,1-4H3;5,7-8,10-11,17,22H,4,6,9,12-16,18H2,1-3H3,(H3,28,29,34)/t28-;26-;22-/m111/s1. The number of nitrogens with one attached hydrogen (secondary N) is 4. The number of benzene rings is 7. The first-order valence-corrected chi connectivity index (χ1v) is 44.1. The van der Waals surface area contributed by atoms with Gasteiger partial charge in [-0.2, -0.15) is 0 Å². The maximum Gasteiger partial charge on any atom is 0.319 e. The van der Waals surface area contributed by atoms with Gasteiger partial charge in [-0.1, -0.05) is 74.5 Å². The van der Waals surface area contributed by atoms with E-state index in [-0.39, 0.29) is 48.4 Å². The molecule has 6 N–H and O–H groups in total. The van der Waals surface area contributed by atoms with E-state index >= 15 is 0 Å². The van der Waals surface area contributed by atoms with Crippen molar-refractivity contribution in [2.75, 3.05) is 174 Å². The molecule has 0 bridgehead atoms. The molecule has 0 saturated carbocycles. The van der Waals surface area contributed by atoms with Gasteiger partial charge in [-0.15, -0.1) is 11.3 Å². The molecule has 14 rings (SSSR count). The van der Waals surface area contributed by atoms with Crippen LogP contribution in [-0.2, 0) is 29.7 Å². The fourth-order valence-electron chi connectivity index (χ4n) is 17.1. The average Bonchev–Trinajstić information content (AvgIpc) is 1.63. The number of carbonyl (C=O) groups excluding carboxylic acids is 5. The summed E-state index contributed by atoms with van der Waals surface area (Å²) in [6.45, 7) is 25.5. The van der Waals surface area contributed by atoms with E-state index in [0.717, 1.165) is 164 Å². The highest BCUT2D eigenvalue weighted by Crippen LogP contribution is 2.45. The maximum atomic E-state index is 13.9. The van der Waals surface area contributed by atoms with E-state index in [2.05, 4.69) is 96.0 Å². The summed E-state index contributed by atoms with van der Waals surface area (Å²) in [5, 5.41) is 10.2. The quantitative estimate of drug-likeness (QED) is 0.0239. The second kappa shape index (κ2) is 41.9. The van der Waals surface area contributed by atoms with Crippen molar-refractivity contribution in [3.8, 4) is 34.5 Å². The molecule has 120 heavy (non-hydrogen) atoms. The van der Waals surface area contributed by atoms with Crippen LogP contribution < -0.4 is 69.5 Å². The van der Waals surface area contributed by atoms with Crippen molar-refractivity contribution >= 4 is 73.9 Å². The predicted molar refractivity (Wildman–Crippen MR) is 472 cm³/mol. The molecule has 6 aliphatic rings. The van der Waals surface area contributed by atoms with Gasteiger partial charge >= 0.3 is 12.1 Å². The van der Waals surface area contributed by atoms with Crippen LogP contribution in [0.1, 0.15) is 149 Å². The van der Waals surface area contributed by atoms with Crippen LogP contribution in [0.15, 0.2) is 161 Å². The molecular weight excluding hydrogens is 1560 g/mol. The summed E-state index contributed by atoms with van der Waals surface area (Å²) in [7, 11) is 6.08. The van der Waals surface area contributed by atoms with Gasteiger partial charge in [-0.3, -0.25) is 19.3 Å². The van der Waals surface area contributed by atoms with Crippen LogP contribution in [0.25, 0.3) is 0 Å². The zero-order valence-electron chi connectivity index (χ0n) is 70.9. The normalized spacial score (nSPS) is 16.3. The van der Waals surface area contributed by atoms with Gasteiger partial charge in [0.25, 0.3) is 17.7 Å². The number of carbonyl (C=O) groups is 5. The summed E-state index contributed by atoms with van der Waals surface area (Å²) in [5.41, 5.74) is 17.8. The molecule has 7 amide bonds. The minimum Gasteiger partial charge on any atom is -0.493 e. The van der Waals surface area contributed by atoms with Gasteiger partial charge in [0.15, 0.2) is 34.5 Å². The second-order valence-electron chi connectivity index (χ2n) is 30.9. The largest absolute Gasteiger partial charge is 0.493 e. The van der Waals surface area contributed by atoms with Crippen LogP contribution in [-0.4, -0.2) is 228 Å². The number of rotatable bonds is 33. The summed E-state index contributed by atoms with van der Waals surface area (Å²) in [6, 6.07) is 47.3. The van der Waals surface area contributed by atoms with Crippen LogP contribution in [0.5, 0.6) is 34.5 Å². The Morgan fingerprint density at radius 3 is 1.17 bits per heavy atom. The van der Waals surface area contributed by atoms with Crippen LogP contribution in [0.4, 0.5) is 32.3 Å². The molecule has 8 aromatic rings. The van der Waals surface area contributed by atoms with E-state index in [1.54, 1.807) is 60.2 Å². The Morgan fingerprint density at radius 2 is 0.817 bits per heavy atom. The van der Waals surface area contributed by atoms with Crippen molar-refractivity contribution in [2.24, 2.45) is 5.73 Å². The molecule has 3 fully saturated rings. The lowest BCUT2D eigenvalue weighted by molar-refractivity contribution is 0.0682. The molecule has 3 saturated heterocycles. The first-order valence-electron chi connectivity index (χ1n) is 41.8. The second-order valence-corrected chi connectivity index (χ2v) is 33.8. The van der Waals surface area contributed by atoms with E-state index < -0.39 is 16.1 Å². The van der Waals surface area contributed by atoms with Crippen molar-refractivity contribution in [3.05, 3.63) is 207 Å². The number of para-hydroxylation sites is 1. The molecule has 0 unspecified atom stereocenters. The number of hydrogen-bond donors (Lipinski definition) is 5. The number of nitrogens with zero attached hydrogens (tertiary/aromatic N) is 9. The van der Waals surface area contributed by atoms with Gasteiger partial charge in [0.05, 0.1) is 60.8 Å². The third kappa shape index (κ3) is 21.1. The van der Waals surface area contributed by atoms with Crippen molar-refractivity contribution in [1.29, 1.82) is 0 Å². The number of anilines is 4. The molecular formula is C91H118N14O13S2. The Labute approximate surface area is 710 Å². The monoisotopic (exact) mass is 1680 g/mol. The van der Waals surface area contributed by atoms with Gasteiger partial charge in [-0.05, 0) is 179 Å². The molecule has 1 aromatic heterocycles. The Kier molecular flexibility index (Phi) is 30.9. The smallest absolute Gasteiger partial charge is 0.319 e. The molecule has 0 spiro atoms. The third-order valence-electron chi connectivity index (χ3n) is 23.8. The van der Waals surface area contributed by atoms with E-state index in [0.29, 0.717) is 116 Å². The highest BCUT2D eigenvalue weighted by molar-refractivity contribution is 7.91. The first-order chi connectivity index (χ1) is 58.2. The molecule has 29 heteroatoms. The van der Waals surface area contributed by atoms with Gasteiger partial charge in [0.1, 0.15) is 4.21 Å². The van der Waals surface area contributed by atoms with Crippen molar-refractivity contribution in [3.63, 3.8) is 0 Å². The number of ether oxygens (including phenoxy) is 6. The lowest BCUT2D eigenvalue weighted by atomic mass is 9.99. The molecule has 3 atom stereocenters. The van der Waals surface area contributed by atoms with Crippen molar-refractivity contribution in [2.45, 2.75) is 114 Å². The Morgan fingerprint density at radius 1 is 0.442 bits per heavy atom. The molecule has 0 aliphatic carbocycles. The Hall–Kier alpha value is -10.8. The van der Waals surface area contributed by atoms with Crippen LogP contribution >= 0.6 is 11.3 Å². The number of hydrogen-bond acceptors (Lipinski definition) is 20. The highest BCUT2D eigenvalue weighted by Gasteiger charge is 2.41. The molecule has 642 valence electrons. The number of amides is 7. The van der Waals surface area contributed by atoms with Crippen molar-refractivity contribution < 1.29 is 60.8 Å². The summed E-state index contributed by atoms with van der Waals surface area (Å²) in [5.74, 6) is 3.78. The zero-order chi connectivity index (χ0) is 85.0. The predicted octanol–water partition coefficient (Wildman–Crippen LogP) is 12.9. The highest BCUT2D eigenvalue weighted by atomic mass is 32.2. The Balaban J connectivity index is 0.000000166. The van der Waals surface area contributed by atoms with Gasteiger partial charge in [0, 0.05) is 180 Å². The van der Waals surface area contributed by atoms with E-state index in [9.17, 15) is 32.4 Å². The molecule has 6 aliphatic heterocycles. The number of likely N-dealkylation sites (N-methyl/N-ethyl adjacent to an activating group) is 2. The first kappa shape index (κ1) is 88.5. The number of sulfonamides is 1. The minimum atomic E-state index is -3.56. The number of piperazine rings is 3. The van der Waals surface area contributed by atoms with Crippen LogP contribution in [0.2, 0.25) is 0 Å². The molecule has 0 radical (unpaired) electrons. The topological polar surface area (TPSA) is 278 Å². The summed E-state index contributed by atoms with van der Waals surface area (Å²) in [4.78, 5) is 85.7. The summed E-state index contributed by atoms with van der Waals surface area (Å²) in [6.07, 6.45) is 3.82. The van der Waals surface area contributed by atoms with Crippen LogP contribution in [0, 0.1) is 0 Å². The molecule has 27 nitrogen and oxygen atoms in total. The number of thiophene rings is 1. The Bertz CT molecular complexity index is 4900. The minimum absolute atomic E-state index is 0.00776. The molecule has 7 aromatic carbocycles. The third-order valence-corrected chi connectivity index (χ3v) is 26.6. The summed E-state index contributed by atoms with van der Waals surface area (Å²) >= 11 is 1.19. The fraction of sp³-hybridized carbons (Fsp3) is 0.440. The number of fused-ring (bicyclic) bond motifs is 3. The lowest BCUT2D eigenvalue weighted by Gasteiger charge is -2.38. The van der Waals surface area contributed by atoms with E-state index in [1.807, 2.05) is 136 Å².